The predicted octanol–water partition coefficient (Wildman–Crippen LogP) is 4.58. The van der Waals surface area contributed by atoms with Crippen molar-refractivity contribution in [3.8, 4) is 28.7 Å². The molecule has 1 amide bonds. The van der Waals surface area contributed by atoms with Crippen LogP contribution in [0.4, 0.5) is 16.0 Å². The third-order valence-electron chi connectivity index (χ3n) is 5.39. The highest BCUT2D eigenvalue weighted by Gasteiger charge is 2.16. The Kier molecular flexibility index (Phi) is 6.77. The molecular weight excluding hydrogens is 487 g/mol. The first-order valence-electron chi connectivity index (χ1n) is 11.4. The lowest BCUT2D eigenvalue weighted by Gasteiger charge is -2.09. The average molecular weight is 507 g/mol. The van der Waals surface area contributed by atoms with Crippen LogP contribution in [-0.4, -0.2) is 31.0 Å². The van der Waals surface area contributed by atoms with Gasteiger partial charge in [-0.15, -0.1) is 0 Å². The fraction of sp³-hybridized carbons (Fsp3) is 0.0741. The van der Waals surface area contributed by atoms with Crippen LogP contribution in [0.15, 0.2) is 77.6 Å². The second-order valence-electron chi connectivity index (χ2n) is 8.19. The van der Waals surface area contributed by atoms with Crippen LogP contribution in [0.25, 0.3) is 22.6 Å². The number of hydrogen-bond acceptors (Lipinski definition) is 9. The first kappa shape index (κ1) is 24.2. The Morgan fingerprint density at radius 3 is 2.55 bits per heavy atom. The van der Waals surface area contributed by atoms with E-state index in [1.54, 1.807) is 19.2 Å². The lowest BCUT2D eigenvalue weighted by molar-refractivity contribution is 0.0941. The standard InChI is InChI=1S/C27H19FN8O2/c1-16-9-23(34-24-11-20(12-29)38-36-24)35-26(33-16)19-10-21(28)25(31-15-19)27(37)32-14-17-7-8-22(30-13-17)18-5-3-2-4-6-18/h2-11,13,15H,14H2,1H3,(H,32,37)(H,33,34,35,36). The highest BCUT2D eigenvalue weighted by molar-refractivity contribution is 5.92. The first-order chi connectivity index (χ1) is 18.5. The van der Waals surface area contributed by atoms with Crippen molar-refractivity contribution in [1.29, 1.82) is 5.26 Å². The van der Waals surface area contributed by atoms with Crippen molar-refractivity contribution in [2.24, 2.45) is 0 Å². The summed E-state index contributed by atoms with van der Waals surface area (Å²) in [6, 6.07) is 19.5. The van der Waals surface area contributed by atoms with Crippen LogP contribution in [0.3, 0.4) is 0 Å². The van der Waals surface area contributed by atoms with E-state index in [1.807, 2.05) is 48.5 Å². The molecule has 0 bridgehead atoms. The van der Waals surface area contributed by atoms with Gasteiger partial charge in [-0.3, -0.25) is 9.78 Å². The fourth-order valence-electron chi connectivity index (χ4n) is 3.58. The molecule has 4 heterocycles. The van der Waals surface area contributed by atoms with Crippen LogP contribution in [-0.2, 0) is 6.54 Å². The molecule has 0 saturated heterocycles. The van der Waals surface area contributed by atoms with Gasteiger partial charge in [-0.1, -0.05) is 41.6 Å². The number of pyridine rings is 2. The molecule has 5 aromatic rings. The number of hydrogen-bond donors (Lipinski definition) is 2. The summed E-state index contributed by atoms with van der Waals surface area (Å²) in [4.78, 5) is 29.7. The van der Waals surface area contributed by atoms with E-state index in [9.17, 15) is 9.18 Å². The highest BCUT2D eigenvalue weighted by atomic mass is 19.1. The average Bonchev–Trinajstić information content (AvgIpc) is 3.39. The van der Waals surface area contributed by atoms with E-state index in [0.717, 1.165) is 22.9 Å². The molecule has 0 aliphatic heterocycles. The van der Waals surface area contributed by atoms with E-state index in [2.05, 4.69) is 35.7 Å². The second-order valence-corrected chi connectivity index (χ2v) is 8.19. The summed E-state index contributed by atoms with van der Waals surface area (Å²) < 4.78 is 19.7. The number of amides is 1. The van der Waals surface area contributed by atoms with E-state index in [0.29, 0.717) is 11.5 Å². The van der Waals surface area contributed by atoms with Gasteiger partial charge in [-0.05, 0) is 24.6 Å². The number of aromatic nitrogens is 5. The number of nitrogens with zero attached hydrogens (tertiary/aromatic N) is 6. The van der Waals surface area contributed by atoms with Gasteiger partial charge in [-0.2, -0.15) is 5.26 Å². The Labute approximate surface area is 216 Å². The molecule has 0 radical (unpaired) electrons. The van der Waals surface area contributed by atoms with Crippen LogP contribution < -0.4 is 10.6 Å². The number of halogens is 1. The van der Waals surface area contributed by atoms with Crippen molar-refractivity contribution in [3.63, 3.8) is 0 Å². The Morgan fingerprint density at radius 2 is 1.84 bits per heavy atom. The maximum absolute atomic E-state index is 14.9. The van der Waals surface area contributed by atoms with Crippen molar-refractivity contribution in [3.05, 3.63) is 102 Å². The van der Waals surface area contributed by atoms with Gasteiger partial charge in [0, 0.05) is 47.9 Å². The van der Waals surface area contributed by atoms with Crippen molar-refractivity contribution in [2.45, 2.75) is 13.5 Å². The van der Waals surface area contributed by atoms with Crippen LogP contribution in [0, 0.1) is 24.1 Å². The van der Waals surface area contributed by atoms with Gasteiger partial charge in [0.05, 0.1) is 5.69 Å². The lowest BCUT2D eigenvalue weighted by atomic mass is 10.1. The second kappa shape index (κ2) is 10.6. The summed E-state index contributed by atoms with van der Waals surface area (Å²) in [5, 5.41) is 18.2. The van der Waals surface area contributed by atoms with E-state index in [1.165, 1.54) is 12.3 Å². The van der Waals surface area contributed by atoms with Gasteiger partial charge < -0.3 is 15.2 Å². The maximum atomic E-state index is 14.9. The summed E-state index contributed by atoms with van der Waals surface area (Å²) in [5.41, 5.74) is 3.09. The van der Waals surface area contributed by atoms with Crippen molar-refractivity contribution >= 4 is 17.5 Å². The zero-order chi connectivity index (χ0) is 26.5. The molecule has 0 fully saturated rings. The largest absolute Gasteiger partial charge is 0.346 e. The number of anilines is 2. The summed E-state index contributed by atoms with van der Waals surface area (Å²) in [6.45, 7) is 1.90. The Balaban J connectivity index is 1.27. The van der Waals surface area contributed by atoms with Crippen molar-refractivity contribution in [2.75, 3.05) is 5.32 Å². The Hall–Kier alpha value is -5.50. The topological polar surface area (TPSA) is 143 Å². The summed E-state index contributed by atoms with van der Waals surface area (Å²) in [5.74, 6) is -0.592. The Morgan fingerprint density at radius 1 is 1.00 bits per heavy atom. The van der Waals surface area contributed by atoms with E-state index in [-0.39, 0.29) is 35.2 Å². The molecule has 0 aliphatic rings. The molecule has 0 unspecified atom stereocenters. The molecule has 2 N–H and O–H groups in total. The van der Waals surface area contributed by atoms with Crippen LogP contribution in [0.5, 0.6) is 0 Å². The summed E-state index contributed by atoms with van der Waals surface area (Å²) >= 11 is 0. The quantitative estimate of drug-likeness (QED) is 0.324. The Bertz CT molecular complexity index is 1650. The molecular formula is C27H19FN8O2. The third kappa shape index (κ3) is 5.50. The number of rotatable bonds is 7. The highest BCUT2D eigenvalue weighted by Crippen LogP contribution is 2.22. The first-order valence-corrected chi connectivity index (χ1v) is 11.4. The number of nitrogens with one attached hydrogen (secondary N) is 2. The molecule has 0 saturated carbocycles. The molecule has 186 valence electrons. The molecule has 5 rings (SSSR count). The summed E-state index contributed by atoms with van der Waals surface area (Å²) in [6.07, 6.45) is 2.99. The van der Waals surface area contributed by atoms with Crippen molar-refractivity contribution < 1.29 is 13.7 Å². The predicted molar refractivity (Wildman–Crippen MR) is 135 cm³/mol. The minimum Gasteiger partial charge on any atom is -0.346 e. The smallest absolute Gasteiger partial charge is 0.273 e. The minimum absolute atomic E-state index is 0.0408. The van der Waals surface area contributed by atoms with Gasteiger partial charge in [0.25, 0.3) is 5.91 Å². The van der Waals surface area contributed by atoms with Crippen LogP contribution in [0.1, 0.15) is 27.5 Å². The monoisotopic (exact) mass is 506 g/mol. The minimum atomic E-state index is -0.813. The number of carbonyl (C=O) groups is 1. The SMILES string of the molecule is Cc1cc(Nc2cc(C#N)on2)nc(-c2cnc(C(=O)NCc3ccc(-c4ccccc4)nc3)c(F)c2)n1. The number of nitriles is 1. The van der Waals surface area contributed by atoms with Gasteiger partial charge in [0.1, 0.15) is 11.9 Å². The van der Waals surface area contributed by atoms with E-state index < -0.39 is 11.7 Å². The molecule has 0 atom stereocenters. The van der Waals surface area contributed by atoms with E-state index in [4.69, 9.17) is 9.78 Å². The lowest BCUT2D eigenvalue weighted by Crippen LogP contribution is -2.25. The molecule has 0 aliphatic carbocycles. The van der Waals surface area contributed by atoms with Gasteiger partial charge in [0.2, 0.25) is 5.76 Å². The molecule has 0 spiro atoms. The zero-order valence-electron chi connectivity index (χ0n) is 20.0. The molecule has 11 heteroatoms. The van der Waals surface area contributed by atoms with Gasteiger partial charge in [-0.25, -0.2) is 19.3 Å². The van der Waals surface area contributed by atoms with E-state index >= 15 is 0 Å². The molecule has 10 nitrogen and oxygen atoms in total. The van der Waals surface area contributed by atoms with Gasteiger partial charge in [0.15, 0.2) is 23.2 Å². The zero-order valence-corrected chi connectivity index (χ0v) is 20.0. The number of carbonyl (C=O) groups excluding carboxylic acids is 1. The molecule has 38 heavy (non-hydrogen) atoms. The van der Waals surface area contributed by atoms with Crippen LogP contribution >= 0.6 is 0 Å². The number of benzene rings is 1. The molecule has 4 aromatic heterocycles. The normalized spacial score (nSPS) is 10.6. The maximum Gasteiger partial charge on any atom is 0.273 e. The van der Waals surface area contributed by atoms with Crippen molar-refractivity contribution in [1.82, 2.24) is 30.4 Å². The molecule has 1 aromatic carbocycles. The van der Waals surface area contributed by atoms with Crippen LogP contribution in [0.2, 0.25) is 0 Å². The fourth-order valence-corrected chi connectivity index (χ4v) is 3.58. The number of aryl methyl sites for hydroxylation is 1. The van der Waals surface area contributed by atoms with Gasteiger partial charge >= 0.3 is 0 Å². The summed E-state index contributed by atoms with van der Waals surface area (Å²) in [7, 11) is 0. The third-order valence-corrected chi connectivity index (χ3v) is 5.39.